The number of hydrogen-bond donors (Lipinski definition) is 2. The van der Waals surface area contributed by atoms with Crippen molar-refractivity contribution in [3.05, 3.63) is 80.2 Å². The monoisotopic (exact) mass is 750 g/mol. The molecule has 2 aromatic carbocycles. The maximum atomic E-state index is 12.9. The van der Waals surface area contributed by atoms with E-state index in [1.165, 1.54) is 26.4 Å². The van der Waals surface area contributed by atoms with E-state index in [0.29, 0.717) is 20.1 Å². The van der Waals surface area contributed by atoms with Crippen LogP contribution < -0.4 is 18.9 Å². The van der Waals surface area contributed by atoms with Crippen LogP contribution in [0.4, 0.5) is 11.4 Å². The molecule has 2 N–H and O–H groups in total. The molecular formula is C24H18Br2Cl2N4O6S2. The predicted molar refractivity (Wildman–Crippen MR) is 160 cm³/mol. The second kappa shape index (κ2) is 12.1. The van der Waals surface area contributed by atoms with E-state index < -0.39 is 20.0 Å². The summed E-state index contributed by atoms with van der Waals surface area (Å²) in [6.45, 7) is 0. The zero-order valence-corrected chi connectivity index (χ0v) is 26.8. The Morgan fingerprint density at radius 1 is 0.675 bits per heavy atom. The van der Waals surface area contributed by atoms with Crippen LogP contribution >= 0.6 is 55.1 Å². The molecule has 0 aliphatic rings. The Labute approximate surface area is 257 Å². The van der Waals surface area contributed by atoms with E-state index in [9.17, 15) is 16.8 Å². The summed E-state index contributed by atoms with van der Waals surface area (Å²) < 4.78 is 68.1. The minimum absolute atomic E-state index is 0.0978. The minimum atomic E-state index is -4.01. The molecule has 4 aromatic rings. The summed E-state index contributed by atoms with van der Waals surface area (Å²) in [7, 11) is -5.21. The van der Waals surface area contributed by atoms with Crippen LogP contribution in [0.15, 0.2) is 79.7 Å². The Morgan fingerprint density at radius 3 is 1.38 bits per heavy atom. The number of nitrogens with zero attached hydrogens (tertiary/aromatic N) is 2. The first kappa shape index (κ1) is 30.3. The van der Waals surface area contributed by atoms with Gasteiger partial charge in [0, 0.05) is 12.4 Å². The van der Waals surface area contributed by atoms with Gasteiger partial charge in [0.15, 0.2) is 0 Å². The van der Waals surface area contributed by atoms with Gasteiger partial charge in [-0.2, -0.15) is 0 Å². The molecule has 40 heavy (non-hydrogen) atoms. The Hall–Kier alpha value is -2.62. The number of rotatable bonds is 9. The quantitative estimate of drug-likeness (QED) is 0.183. The summed E-state index contributed by atoms with van der Waals surface area (Å²) in [6.07, 6.45) is 2.28. The highest BCUT2D eigenvalue weighted by Gasteiger charge is 2.21. The van der Waals surface area contributed by atoms with Gasteiger partial charge in [-0.3, -0.25) is 9.44 Å². The van der Waals surface area contributed by atoms with E-state index >= 15 is 0 Å². The topological polar surface area (TPSA) is 137 Å². The maximum Gasteiger partial charge on any atom is 0.263 e. The first-order chi connectivity index (χ1) is 18.8. The number of methoxy groups -OCH3 is 2. The molecule has 16 heteroatoms. The summed E-state index contributed by atoms with van der Waals surface area (Å²) in [6, 6.07) is 12.4. The van der Waals surface area contributed by atoms with Gasteiger partial charge in [0.05, 0.1) is 34.5 Å². The number of anilines is 2. The zero-order valence-electron chi connectivity index (χ0n) is 20.4. The molecule has 0 fully saturated rings. The normalized spacial score (nSPS) is 11.7. The van der Waals surface area contributed by atoms with Crippen molar-refractivity contribution in [3.63, 3.8) is 0 Å². The van der Waals surface area contributed by atoms with E-state index in [1.807, 2.05) is 0 Å². The molecule has 10 nitrogen and oxygen atoms in total. The second-order valence-electron chi connectivity index (χ2n) is 7.93. The molecule has 210 valence electrons. The lowest BCUT2D eigenvalue weighted by Crippen LogP contribution is -2.14. The lowest BCUT2D eigenvalue weighted by molar-refractivity contribution is 0.416. The van der Waals surface area contributed by atoms with Crippen molar-refractivity contribution in [1.82, 2.24) is 9.97 Å². The van der Waals surface area contributed by atoms with Gasteiger partial charge in [-0.05, 0) is 79.4 Å². The number of aromatic nitrogens is 2. The third-order valence-electron chi connectivity index (χ3n) is 5.39. The van der Waals surface area contributed by atoms with Crippen molar-refractivity contribution in [2.24, 2.45) is 0 Å². The molecule has 2 heterocycles. The number of pyridine rings is 2. The predicted octanol–water partition coefficient (Wildman–Crippen LogP) is 6.59. The smallest absolute Gasteiger partial charge is 0.263 e. The minimum Gasteiger partial charge on any atom is -0.495 e. The van der Waals surface area contributed by atoms with E-state index in [2.05, 4.69) is 51.3 Å². The van der Waals surface area contributed by atoms with Gasteiger partial charge in [-0.1, -0.05) is 35.3 Å². The van der Waals surface area contributed by atoms with Gasteiger partial charge in [0.25, 0.3) is 20.0 Å². The average Bonchev–Trinajstić information content (AvgIpc) is 2.91. The molecule has 0 saturated carbocycles. The number of benzene rings is 2. The molecule has 0 unspecified atom stereocenters. The fourth-order valence-corrected chi connectivity index (χ4v) is 6.71. The maximum absolute atomic E-state index is 12.9. The number of halogens is 4. The fourth-order valence-electron chi connectivity index (χ4n) is 3.42. The van der Waals surface area contributed by atoms with E-state index in [1.54, 1.807) is 36.4 Å². The lowest BCUT2D eigenvalue weighted by atomic mass is 10.0. The highest BCUT2D eigenvalue weighted by Crippen LogP contribution is 2.37. The van der Waals surface area contributed by atoms with E-state index in [-0.39, 0.29) is 43.0 Å². The molecule has 2 aromatic heterocycles. The van der Waals surface area contributed by atoms with Crippen molar-refractivity contribution in [2.45, 2.75) is 9.79 Å². The van der Waals surface area contributed by atoms with Crippen LogP contribution in [0.1, 0.15) is 0 Å². The first-order valence-corrected chi connectivity index (χ1v) is 16.2. The van der Waals surface area contributed by atoms with Gasteiger partial charge >= 0.3 is 0 Å². The molecule has 0 aliphatic heterocycles. The van der Waals surface area contributed by atoms with Crippen LogP contribution in [-0.4, -0.2) is 41.0 Å². The van der Waals surface area contributed by atoms with Crippen LogP contribution in [0.2, 0.25) is 10.3 Å². The van der Waals surface area contributed by atoms with Crippen molar-refractivity contribution in [3.8, 4) is 22.6 Å². The number of hydrogen-bond acceptors (Lipinski definition) is 8. The summed E-state index contributed by atoms with van der Waals surface area (Å²) >= 11 is 18.1. The summed E-state index contributed by atoms with van der Waals surface area (Å²) in [5, 5.41) is 0.260. The first-order valence-electron chi connectivity index (χ1n) is 10.9. The van der Waals surface area contributed by atoms with Crippen molar-refractivity contribution in [2.75, 3.05) is 23.7 Å². The van der Waals surface area contributed by atoms with Crippen LogP contribution in [0, 0.1) is 0 Å². The largest absolute Gasteiger partial charge is 0.495 e. The van der Waals surface area contributed by atoms with Crippen molar-refractivity contribution < 1.29 is 26.3 Å². The molecule has 4 rings (SSSR count). The zero-order chi connectivity index (χ0) is 29.2. The van der Waals surface area contributed by atoms with Gasteiger partial charge in [-0.15, -0.1) is 0 Å². The summed E-state index contributed by atoms with van der Waals surface area (Å²) in [4.78, 5) is 7.52. The second-order valence-corrected chi connectivity index (χ2v) is 13.7. The molecule has 0 aliphatic carbocycles. The Bertz CT molecular complexity index is 1690. The van der Waals surface area contributed by atoms with Gasteiger partial charge in [0.2, 0.25) is 0 Å². The van der Waals surface area contributed by atoms with Crippen LogP contribution in [0.5, 0.6) is 11.5 Å². The van der Waals surface area contributed by atoms with E-state index in [4.69, 9.17) is 32.7 Å². The Morgan fingerprint density at radius 2 is 1.05 bits per heavy atom. The molecule has 0 radical (unpaired) electrons. The van der Waals surface area contributed by atoms with Crippen molar-refractivity contribution >= 4 is 86.5 Å². The number of ether oxygens (including phenoxy) is 2. The molecule has 0 bridgehead atoms. The average molecular weight is 753 g/mol. The van der Waals surface area contributed by atoms with Gasteiger partial charge < -0.3 is 9.47 Å². The molecular weight excluding hydrogens is 735 g/mol. The molecule has 0 spiro atoms. The van der Waals surface area contributed by atoms with Crippen LogP contribution in [0.25, 0.3) is 11.1 Å². The van der Waals surface area contributed by atoms with Crippen LogP contribution in [-0.2, 0) is 20.0 Å². The molecule has 0 amide bonds. The van der Waals surface area contributed by atoms with Crippen LogP contribution in [0.3, 0.4) is 0 Å². The Kier molecular flexibility index (Phi) is 9.17. The third-order valence-corrected chi connectivity index (χ3v) is 10.3. The molecule has 0 atom stereocenters. The summed E-state index contributed by atoms with van der Waals surface area (Å²) in [5.41, 5.74) is 1.68. The fraction of sp³-hybridized carbons (Fsp3) is 0.0833. The standard InChI is InChI=1S/C24H18Br2Cl2N4O6S2/c1-37-21-7-13(3-5-19(21)31-39(33,34)15-9-17(25)23(27)29-11-15)14-4-6-20(22(8-14)38-2)32-40(35,36)16-10-18(26)24(28)30-12-16/h3-12,31-32H,1-2H3. The lowest BCUT2D eigenvalue weighted by Gasteiger charge is -2.15. The van der Waals surface area contributed by atoms with Gasteiger partial charge in [-0.25, -0.2) is 26.8 Å². The van der Waals surface area contributed by atoms with Crippen molar-refractivity contribution in [1.29, 1.82) is 0 Å². The third kappa shape index (κ3) is 6.64. The SMILES string of the molecule is COc1cc(-c2ccc(NS(=O)(=O)c3cnc(Cl)c(Br)c3)c(OC)c2)ccc1NS(=O)(=O)c1cnc(Cl)c(Br)c1. The highest BCUT2D eigenvalue weighted by atomic mass is 79.9. The van der Waals surface area contributed by atoms with Gasteiger partial charge in [0.1, 0.15) is 31.6 Å². The Balaban J connectivity index is 1.62. The summed E-state index contributed by atoms with van der Waals surface area (Å²) in [5.74, 6) is 0.484. The molecule has 0 saturated heterocycles. The highest BCUT2D eigenvalue weighted by molar-refractivity contribution is 9.10. The van der Waals surface area contributed by atoms with E-state index in [0.717, 1.165) is 12.4 Å². The number of nitrogens with one attached hydrogen (secondary N) is 2. The number of sulfonamides is 2.